The topological polar surface area (TPSA) is 59.8 Å². The fourth-order valence-corrected chi connectivity index (χ4v) is 4.60. The minimum absolute atomic E-state index is 0.127. The van der Waals surface area contributed by atoms with Crippen LogP contribution in [0.2, 0.25) is 0 Å². The predicted molar refractivity (Wildman–Crippen MR) is 119 cm³/mol. The van der Waals surface area contributed by atoms with Crippen molar-refractivity contribution in [3.05, 3.63) is 53.6 Å². The average molecular weight is 427 g/mol. The largest absolute Gasteiger partial charge is 0.383 e. The minimum Gasteiger partial charge on any atom is -0.383 e. The third-order valence-corrected chi connectivity index (χ3v) is 6.49. The summed E-state index contributed by atoms with van der Waals surface area (Å²) in [5.41, 5.74) is 3.71. The number of aryl methyl sites for hydroxylation is 1. The van der Waals surface area contributed by atoms with Gasteiger partial charge in [-0.15, -0.1) is 0 Å². The second kappa shape index (κ2) is 10.3. The lowest BCUT2D eigenvalue weighted by atomic mass is 9.83. The molecular weight excluding hydrogens is 392 g/mol. The van der Waals surface area contributed by atoms with Crippen LogP contribution in [-0.4, -0.2) is 78.5 Å². The third-order valence-electron chi connectivity index (χ3n) is 6.49. The monoisotopic (exact) mass is 426 g/mol. The van der Waals surface area contributed by atoms with Crippen LogP contribution in [0.5, 0.6) is 0 Å². The molecule has 31 heavy (non-hydrogen) atoms. The summed E-state index contributed by atoms with van der Waals surface area (Å²) in [5.74, 6) is 0.525. The number of likely N-dealkylation sites (tertiary alicyclic amines) is 1. The Morgan fingerprint density at radius 3 is 2.58 bits per heavy atom. The molecule has 2 fully saturated rings. The van der Waals surface area contributed by atoms with Gasteiger partial charge in [-0.3, -0.25) is 0 Å². The molecule has 2 aliphatic heterocycles. The average Bonchev–Trinajstić information content (AvgIpc) is 3.31. The molecule has 0 spiro atoms. The van der Waals surface area contributed by atoms with Crippen molar-refractivity contribution in [1.82, 2.24) is 19.4 Å². The Labute approximate surface area is 184 Å². The van der Waals surface area contributed by atoms with Gasteiger partial charge < -0.3 is 23.8 Å². The van der Waals surface area contributed by atoms with Crippen LogP contribution in [0.15, 0.2) is 36.8 Å². The number of imidazole rings is 1. The molecule has 1 aromatic heterocycles. The number of ether oxygens (including phenoxy) is 2. The number of aromatic nitrogens is 2. The van der Waals surface area contributed by atoms with E-state index in [0.29, 0.717) is 45.4 Å². The summed E-state index contributed by atoms with van der Waals surface area (Å²) in [7, 11) is 1.71. The highest BCUT2D eigenvalue weighted by Crippen LogP contribution is 2.36. The van der Waals surface area contributed by atoms with Gasteiger partial charge in [0.05, 0.1) is 31.8 Å². The van der Waals surface area contributed by atoms with Crippen LogP contribution in [0, 0.1) is 0 Å². The van der Waals surface area contributed by atoms with Crippen molar-refractivity contribution >= 4 is 6.03 Å². The Morgan fingerprint density at radius 2 is 1.87 bits per heavy atom. The molecular formula is C24H34N4O3. The molecule has 168 valence electrons. The van der Waals surface area contributed by atoms with Crippen molar-refractivity contribution in [2.24, 2.45) is 0 Å². The zero-order chi connectivity index (χ0) is 21.6. The van der Waals surface area contributed by atoms with Crippen molar-refractivity contribution in [2.45, 2.75) is 38.1 Å². The van der Waals surface area contributed by atoms with Crippen molar-refractivity contribution in [3.8, 4) is 0 Å². The van der Waals surface area contributed by atoms with E-state index in [1.54, 1.807) is 7.11 Å². The summed E-state index contributed by atoms with van der Waals surface area (Å²) in [6, 6.07) is 9.03. The van der Waals surface area contributed by atoms with Gasteiger partial charge in [0, 0.05) is 57.9 Å². The summed E-state index contributed by atoms with van der Waals surface area (Å²) < 4.78 is 12.7. The molecule has 2 aromatic rings. The zero-order valence-corrected chi connectivity index (χ0v) is 18.7. The number of hydrogen-bond donors (Lipinski definition) is 0. The van der Waals surface area contributed by atoms with Gasteiger partial charge in [0.25, 0.3) is 0 Å². The molecule has 4 rings (SSSR count). The first-order valence-corrected chi connectivity index (χ1v) is 11.4. The Balaban J connectivity index is 1.55. The highest BCUT2D eigenvalue weighted by Gasteiger charge is 2.35. The molecule has 2 atom stereocenters. The standard InChI is InChI=1S/C24H34N4O3/c1-3-19-4-6-20(7-5-19)21-14-22(23-17-26(18-25-23)8-11-30-2)16-28(15-21)24(29)27-9-12-31-13-10-27/h4-7,17-18,21-22H,3,8-16H2,1-2H3. The molecule has 2 amide bonds. The number of methoxy groups -OCH3 is 1. The molecule has 0 bridgehead atoms. The Hall–Kier alpha value is -2.38. The SMILES string of the molecule is CCc1ccc(C2CC(c3cn(CCOC)cn3)CN(C(=O)N3CCOCC3)C2)cc1. The van der Waals surface area contributed by atoms with Crippen LogP contribution in [-0.2, 0) is 22.4 Å². The lowest BCUT2D eigenvalue weighted by Gasteiger charge is -2.40. The molecule has 0 saturated carbocycles. The summed E-state index contributed by atoms with van der Waals surface area (Å²) in [6.45, 7) is 7.66. The number of carbonyl (C=O) groups excluding carboxylic acids is 1. The predicted octanol–water partition coefficient (Wildman–Crippen LogP) is 3.12. The van der Waals surface area contributed by atoms with Gasteiger partial charge in [-0.25, -0.2) is 9.78 Å². The fourth-order valence-electron chi connectivity index (χ4n) is 4.60. The molecule has 2 unspecified atom stereocenters. The van der Waals surface area contributed by atoms with Gasteiger partial charge in [-0.05, 0) is 24.0 Å². The van der Waals surface area contributed by atoms with Crippen LogP contribution in [0.1, 0.15) is 42.0 Å². The maximum absolute atomic E-state index is 13.3. The highest BCUT2D eigenvalue weighted by molar-refractivity contribution is 5.75. The first kappa shape index (κ1) is 21.8. The molecule has 0 N–H and O–H groups in total. The quantitative estimate of drug-likeness (QED) is 0.712. The van der Waals surface area contributed by atoms with E-state index in [-0.39, 0.29) is 11.9 Å². The van der Waals surface area contributed by atoms with Gasteiger partial charge in [0.15, 0.2) is 0 Å². The number of carbonyl (C=O) groups is 1. The molecule has 1 aromatic carbocycles. The number of hydrogen-bond acceptors (Lipinski definition) is 4. The number of rotatable bonds is 6. The molecule has 0 aliphatic carbocycles. The number of piperidine rings is 1. The van der Waals surface area contributed by atoms with Gasteiger partial charge in [0.2, 0.25) is 0 Å². The van der Waals surface area contributed by atoms with Crippen LogP contribution >= 0.6 is 0 Å². The van der Waals surface area contributed by atoms with Crippen molar-refractivity contribution in [2.75, 3.05) is 53.1 Å². The van der Waals surface area contributed by atoms with E-state index in [1.807, 2.05) is 16.1 Å². The van der Waals surface area contributed by atoms with E-state index >= 15 is 0 Å². The maximum Gasteiger partial charge on any atom is 0.320 e. The Bertz CT molecular complexity index is 845. The molecule has 0 radical (unpaired) electrons. The molecule has 7 nitrogen and oxygen atoms in total. The Morgan fingerprint density at radius 1 is 1.13 bits per heavy atom. The van der Waals surface area contributed by atoms with Gasteiger partial charge in [-0.1, -0.05) is 31.2 Å². The van der Waals surface area contributed by atoms with Crippen LogP contribution < -0.4 is 0 Å². The lowest BCUT2D eigenvalue weighted by Crippen LogP contribution is -2.52. The van der Waals surface area contributed by atoms with Crippen LogP contribution in [0.25, 0.3) is 0 Å². The van der Waals surface area contributed by atoms with E-state index in [1.165, 1.54) is 11.1 Å². The van der Waals surface area contributed by atoms with E-state index < -0.39 is 0 Å². The highest BCUT2D eigenvalue weighted by atomic mass is 16.5. The smallest absolute Gasteiger partial charge is 0.320 e. The lowest BCUT2D eigenvalue weighted by molar-refractivity contribution is 0.0398. The van der Waals surface area contributed by atoms with E-state index in [2.05, 4.69) is 42.0 Å². The van der Waals surface area contributed by atoms with Crippen LogP contribution in [0.4, 0.5) is 4.79 Å². The summed E-state index contributed by atoms with van der Waals surface area (Å²) in [5, 5.41) is 0. The van der Waals surface area contributed by atoms with Gasteiger partial charge in [-0.2, -0.15) is 0 Å². The van der Waals surface area contributed by atoms with Crippen LogP contribution in [0.3, 0.4) is 0 Å². The molecule has 7 heteroatoms. The van der Waals surface area contributed by atoms with Gasteiger partial charge >= 0.3 is 6.03 Å². The first-order valence-electron chi connectivity index (χ1n) is 11.4. The molecule has 2 saturated heterocycles. The summed E-state index contributed by atoms with van der Waals surface area (Å²) >= 11 is 0. The van der Waals surface area contributed by atoms with Crippen molar-refractivity contribution in [3.63, 3.8) is 0 Å². The number of nitrogens with zero attached hydrogens (tertiary/aromatic N) is 4. The second-order valence-corrected chi connectivity index (χ2v) is 8.54. The minimum atomic E-state index is 0.127. The number of morpholine rings is 1. The van der Waals surface area contributed by atoms with Gasteiger partial charge in [0.1, 0.15) is 0 Å². The van der Waals surface area contributed by atoms with E-state index in [4.69, 9.17) is 14.5 Å². The summed E-state index contributed by atoms with van der Waals surface area (Å²) in [4.78, 5) is 22.0. The van der Waals surface area contributed by atoms with E-state index in [0.717, 1.165) is 31.6 Å². The number of amides is 2. The van der Waals surface area contributed by atoms with Crippen molar-refractivity contribution < 1.29 is 14.3 Å². The zero-order valence-electron chi connectivity index (χ0n) is 18.7. The Kier molecular flexibility index (Phi) is 7.25. The van der Waals surface area contributed by atoms with Crippen molar-refractivity contribution in [1.29, 1.82) is 0 Å². The number of urea groups is 1. The number of benzene rings is 1. The van der Waals surface area contributed by atoms with E-state index in [9.17, 15) is 4.79 Å². The third kappa shape index (κ3) is 5.28. The molecule has 3 heterocycles. The fraction of sp³-hybridized carbons (Fsp3) is 0.583. The second-order valence-electron chi connectivity index (χ2n) is 8.54. The first-order chi connectivity index (χ1) is 15.2. The normalized spacial score (nSPS) is 22.0. The summed E-state index contributed by atoms with van der Waals surface area (Å²) in [6.07, 6.45) is 6.03. The molecule has 2 aliphatic rings. The maximum atomic E-state index is 13.3.